The van der Waals surface area contributed by atoms with E-state index in [-0.39, 0.29) is 5.76 Å². The summed E-state index contributed by atoms with van der Waals surface area (Å²) in [6.07, 6.45) is 3.00. The molecule has 3 N–H and O–H groups in total. The summed E-state index contributed by atoms with van der Waals surface area (Å²) in [5.74, 6) is -1.88. The first-order valence-corrected chi connectivity index (χ1v) is 5.38. The molecule has 1 aromatic heterocycles. The van der Waals surface area contributed by atoms with E-state index in [1.807, 2.05) is 0 Å². The number of carboxylic acid groups (broad SMARTS) is 1. The maximum atomic E-state index is 11.2. The zero-order valence-corrected chi connectivity index (χ0v) is 9.46. The van der Waals surface area contributed by atoms with E-state index in [9.17, 15) is 9.59 Å². The minimum absolute atomic E-state index is 0.0569. The van der Waals surface area contributed by atoms with Gasteiger partial charge in [0.1, 0.15) is 0 Å². The number of hydrogen-bond donors (Lipinski definition) is 2. The Morgan fingerprint density at radius 3 is 2.61 bits per heavy atom. The smallest absolute Gasteiger partial charge is 0.361 e. The van der Waals surface area contributed by atoms with E-state index in [0.717, 1.165) is 6.42 Å². The average Bonchev–Trinajstić information content (AvgIpc) is 2.73. The Labute approximate surface area is 102 Å². The molecule has 0 atom stereocenters. The number of carboxylic acids is 1. The summed E-state index contributed by atoms with van der Waals surface area (Å²) < 4.78 is 4.93. The fourth-order valence-electron chi connectivity index (χ4n) is 1.62. The van der Waals surface area contributed by atoms with Crippen LogP contribution in [-0.2, 0) is 14.4 Å². The average molecular weight is 252 g/mol. The molecule has 0 saturated heterocycles. The van der Waals surface area contributed by atoms with Gasteiger partial charge < -0.3 is 20.1 Å². The van der Waals surface area contributed by atoms with Crippen LogP contribution in [0.15, 0.2) is 28.0 Å². The predicted molar refractivity (Wildman–Crippen MR) is 59.7 cm³/mol. The van der Waals surface area contributed by atoms with E-state index >= 15 is 0 Å². The van der Waals surface area contributed by atoms with Gasteiger partial charge in [-0.2, -0.15) is 0 Å². The number of hydrogen-bond acceptors (Lipinski definition) is 5. The van der Waals surface area contributed by atoms with Crippen molar-refractivity contribution in [3.8, 4) is 0 Å². The van der Waals surface area contributed by atoms with Gasteiger partial charge in [-0.15, -0.1) is 0 Å². The van der Waals surface area contributed by atoms with Gasteiger partial charge in [-0.1, -0.05) is 5.16 Å². The SMILES string of the molecule is NC(=O)C1(ON=C(C(=O)O)c2ccco2)CCC1. The molecule has 1 aromatic rings. The van der Waals surface area contributed by atoms with E-state index in [1.54, 1.807) is 0 Å². The molecule has 0 bridgehead atoms. The van der Waals surface area contributed by atoms with Crippen molar-refractivity contribution in [2.75, 3.05) is 0 Å². The van der Waals surface area contributed by atoms with E-state index in [0.29, 0.717) is 12.8 Å². The van der Waals surface area contributed by atoms with Crippen LogP contribution in [0.2, 0.25) is 0 Å². The third-order valence-corrected chi connectivity index (χ3v) is 2.88. The third kappa shape index (κ3) is 2.06. The third-order valence-electron chi connectivity index (χ3n) is 2.88. The Bertz CT molecular complexity index is 488. The van der Waals surface area contributed by atoms with E-state index in [2.05, 4.69) is 5.16 Å². The standard InChI is InChI=1S/C11H12N2O5/c12-10(16)11(4-2-5-11)18-13-8(9(14)15)7-3-1-6-17-7/h1,3,6H,2,4-5H2,(H2,12,16)(H,14,15). The van der Waals surface area contributed by atoms with Crippen LogP contribution in [0, 0.1) is 0 Å². The molecule has 0 radical (unpaired) electrons. The highest BCUT2D eigenvalue weighted by molar-refractivity contribution is 6.41. The van der Waals surface area contributed by atoms with Gasteiger partial charge in [0.25, 0.3) is 5.91 Å². The molecule has 1 heterocycles. The Morgan fingerprint density at radius 2 is 2.22 bits per heavy atom. The van der Waals surface area contributed by atoms with Crippen molar-refractivity contribution in [2.24, 2.45) is 10.9 Å². The number of primary amides is 1. The van der Waals surface area contributed by atoms with Crippen LogP contribution in [0.5, 0.6) is 0 Å². The number of furan rings is 1. The number of carbonyl (C=O) groups is 2. The molecule has 1 saturated carbocycles. The highest BCUT2D eigenvalue weighted by Gasteiger charge is 2.46. The van der Waals surface area contributed by atoms with Gasteiger partial charge in [-0.3, -0.25) is 4.79 Å². The minimum atomic E-state index is -1.30. The van der Waals surface area contributed by atoms with Gasteiger partial charge in [-0.25, -0.2) is 4.79 Å². The van der Waals surface area contributed by atoms with Crippen LogP contribution in [0.1, 0.15) is 25.0 Å². The highest BCUT2D eigenvalue weighted by Crippen LogP contribution is 2.35. The molecular formula is C11H12N2O5. The molecule has 0 aromatic carbocycles. The lowest BCUT2D eigenvalue weighted by Gasteiger charge is -2.35. The lowest BCUT2D eigenvalue weighted by Crippen LogP contribution is -2.51. The Kier molecular flexibility index (Phi) is 3.05. The molecule has 1 aliphatic carbocycles. The number of rotatable bonds is 5. The molecule has 1 amide bonds. The largest absolute Gasteiger partial charge is 0.476 e. The minimum Gasteiger partial charge on any atom is -0.476 e. The molecule has 0 spiro atoms. The molecule has 1 fully saturated rings. The Hall–Kier alpha value is -2.31. The molecule has 0 unspecified atom stereocenters. The molecule has 7 heteroatoms. The normalized spacial score (nSPS) is 17.9. The maximum Gasteiger partial charge on any atom is 0.361 e. The fourth-order valence-corrected chi connectivity index (χ4v) is 1.62. The lowest BCUT2D eigenvalue weighted by atomic mass is 9.80. The van der Waals surface area contributed by atoms with Crippen LogP contribution >= 0.6 is 0 Å². The molecular weight excluding hydrogens is 240 g/mol. The van der Waals surface area contributed by atoms with Gasteiger partial charge in [0.2, 0.25) is 11.3 Å². The molecule has 18 heavy (non-hydrogen) atoms. The van der Waals surface area contributed by atoms with Crippen molar-refractivity contribution in [1.82, 2.24) is 0 Å². The number of amides is 1. The van der Waals surface area contributed by atoms with Crippen molar-refractivity contribution in [1.29, 1.82) is 0 Å². The summed E-state index contributed by atoms with van der Waals surface area (Å²) in [5.41, 5.74) is 3.64. The van der Waals surface area contributed by atoms with Gasteiger partial charge in [0.15, 0.2) is 5.76 Å². The molecule has 0 aliphatic heterocycles. The number of nitrogens with two attached hydrogens (primary N) is 1. The monoisotopic (exact) mass is 252 g/mol. The van der Waals surface area contributed by atoms with Crippen molar-refractivity contribution < 1.29 is 24.0 Å². The fraction of sp³-hybridized carbons (Fsp3) is 0.364. The second kappa shape index (κ2) is 4.52. The van der Waals surface area contributed by atoms with Crippen molar-refractivity contribution >= 4 is 17.6 Å². The molecule has 96 valence electrons. The summed E-state index contributed by atoms with van der Waals surface area (Å²) in [5, 5.41) is 12.5. The molecule has 7 nitrogen and oxygen atoms in total. The van der Waals surface area contributed by atoms with Crippen LogP contribution in [0.3, 0.4) is 0 Å². The van der Waals surface area contributed by atoms with Gasteiger partial charge in [0, 0.05) is 0 Å². The summed E-state index contributed by atoms with van der Waals surface area (Å²) in [6, 6.07) is 2.97. The second-order valence-electron chi connectivity index (χ2n) is 4.03. The topological polar surface area (TPSA) is 115 Å². The van der Waals surface area contributed by atoms with Crippen LogP contribution < -0.4 is 5.73 Å². The summed E-state index contributed by atoms with van der Waals surface area (Å²) >= 11 is 0. The van der Waals surface area contributed by atoms with Crippen molar-refractivity contribution in [3.63, 3.8) is 0 Å². The number of oxime groups is 1. The van der Waals surface area contributed by atoms with E-state index in [1.165, 1.54) is 18.4 Å². The lowest BCUT2D eigenvalue weighted by molar-refractivity contribution is -0.157. The van der Waals surface area contributed by atoms with Gasteiger partial charge in [-0.05, 0) is 31.4 Å². The van der Waals surface area contributed by atoms with Crippen LogP contribution in [-0.4, -0.2) is 28.3 Å². The van der Waals surface area contributed by atoms with Crippen LogP contribution in [0.4, 0.5) is 0 Å². The molecule has 2 rings (SSSR count). The van der Waals surface area contributed by atoms with E-state index in [4.69, 9.17) is 20.1 Å². The quantitative estimate of drug-likeness (QED) is 0.584. The summed E-state index contributed by atoms with van der Waals surface area (Å²) in [4.78, 5) is 27.3. The summed E-state index contributed by atoms with van der Waals surface area (Å²) in [6.45, 7) is 0. The van der Waals surface area contributed by atoms with Gasteiger partial charge >= 0.3 is 5.97 Å². The van der Waals surface area contributed by atoms with Gasteiger partial charge in [0.05, 0.1) is 6.26 Å². The zero-order valence-electron chi connectivity index (χ0n) is 9.46. The number of carbonyl (C=O) groups excluding carboxylic acids is 1. The van der Waals surface area contributed by atoms with E-state index < -0.39 is 23.2 Å². The van der Waals surface area contributed by atoms with Crippen molar-refractivity contribution in [2.45, 2.75) is 24.9 Å². The zero-order chi connectivity index (χ0) is 13.2. The Balaban J connectivity index is 2.20. The number of aliphatic carboxylic acids is 1. The molecule has 1 aliphatic rings. The highest BCUT2D eigenvalue weighted by atomic mass is 16.7. The maximum absolute atomic E-state index is 11.2. The van der Waals surface area contributed by atoms with Crippen LogP contribution in [0.25, 0.3) is 0 Å². The first-order chi connectivity index (χ1) is 8.55. The first kappa shape index (κ1) is 12.2. The first-order valence-electron chi connectivity index (χ1n) is 5.38. The number of nitrogens with zero attached hydrogens (tertiary/aromatic N) is 1. The second-order valence-corrected chi connectivity index (χ2v) is 4.03. The Morgan fingerprint density at radius 1 is 1.50 bits per heavy atom. The predicted octanol–water partition coefficient (Wildman–Crippen LogP) is 0.493. The van der Waals surface area contributed by atoms with Crippen molar-refractivity contribution in [3.05, 3.63) is 24.2 Å². The summed E-state index contributed by atoms with van der Waals surface area (Å²) in [7, 11) is 0.